The molecule has 2 aromatic heterocycles. The highest BCUT2D eigenvalue weighted by Crippen LogP contribution is 2.22. The number of aromatic nitrogens is 4. The number of halogens is 1. The Morgan fingerprint density at radius 1 is 1.28 bits per heavy atom. The van der Waals surface area contributed by atoms with Crippen molar-refractivity contribution in [1.29, 1.82) is 0 Å². The topological polar surface area (TPSA) is 73.9 Å². The van der Waals surface area contributed by atoms with Gasteiger partial charge < -0.3 is 9.47 Å². The summed E-state index contributed by atoms with van der Waals surface area (Å²) in [4.78, 5) is 8.34. The molecule has 0 aliphatic heterocycles. The lowest BCUT2D eigenvalue weighted by Crippen LogP contribution is -2.00. The Morgan fingerprint density at radius 3 is 2.56 bits per heavy atom. The Hall–Kier alpha value is -1.41. The van der Waals surface area contributed by atoms with Gasteiger partial charge in [-0.15, -0.1) is 17.5 Å². The number of rotatable bonds is 3. The van der Waals surface area contributed by atoms with Gasteiger partial charge in [0, 0.05) is 0 Å². The van der Waals surface area contributed by atoms with Gasteiger partial charge in [-0.05, 0) is 12.5 Å². The van der Waals surface area contributed by atoms with Crippen molar-refractivity contribution in [3.05, 3.63) is 6.20 Å². The Kier molecular flexibility index (Phi) is 4.85. The smallest absolute Gasteiger partial charge is 0.319 e. The van der Waals surface area contributed by atoms with Crippen molar-refractivity contribution in [2.24, 2.45) is 4.36 Å². The van der Waals surface area contributed by atoms with Crippen molar-refractivity contribution in [3.8, 4) is 11.8 Å². The van der Waals surface area contributed by atoms with Gasteiger partial charge in [0.05, 0.1) is 20.4 Å². The molecule has 7 nitrogen and oxygen atoms in total. The molecule has 9 heteroatoms. The lowest BCUT2D eigenvalue weighted by Gasteiger charge is -2.03. The molecule has 0 amide bonds. The van der Waals surface area contributed by atoms with Gasteiger partial charge >= 0.3 is 6.01 Å². The van der Waals surface area contributed by atoms with Crippen LogP contribution in [0.2, 0.25) is 0 Å². The minimum absolute atomic E-state index is 0. The van der Waals surface area contributed by atoms with Crippen molar-refractivity contribution in [1.82, 2.24) is 19.6 Å². The van der Waals surface area contributed by atoms with Crippen LogP contribution in [0.3, 0.4) is 0 Å². The second-order valence-corrected chi connectivity index (χ2v) is 5.05. The van der Waals surface area contributed by atoms with Crippen molar-refractivity contribution in [2.45, 2.75) is 0 Å². The fourth-order valence-electron chi connectivity index (χ4n) is 1.31. The predicted molar refractivity (Wildman–Crippen MR) is 72.4 cm³/mol. The van der Waals surface area contributed by atoms with Gasteiger partial charge in [-0.2, -0.15) is 18.8 Å². The Morgan fingerprint density at radius 2 is 2.00 bits per heavy atom. The summed E-state index contributed by atoms with van der Waals surface area (Å²) in [6.45, 7) is 0. The van der Waals surface area contributed by atoms with Gasteiger partial charge in [0.2, 0.25) is 5.65 Å². The zero-order valence-electron chi connectivity index (χ0n) is 10.4. The number of hydrogen-bond donors (Lipinski definition) is 0. The lowest BCUT2D eigenvalue weighted by atomic mass is 10.5. The fourth-order valence-corrected chi connectivity index (χ4v) is 1.71. The SMILES string of the molecule is COc1cnc(OC)n2nc(N=S(C)C)nc12.Cl. The van der Waals surface area contributed by atoms with E-state index in [1.54, 1.807) is 13.3 Å². The van der Waals surface area contributed by atoms with Crippen LogP contribution >= 0.6 is 12.4 Å². The summed E-state index contributed by atoms with van der Waals surface area (Å²) in [5, 5.41) is 4.21. The predicted octanol–water partition coefficient (Wildman–Crippen LogP) is 1.26. The summed E-state index contributed by atoms with van der Waals surface area (Å²) < 4.78 is 16.0. The summed E-state index contributed by atoms with van der Waals surface area (Å²) >= 11 is 0. The molecule has 100 valence electrons. The van der Waals surface area contributed by atoms with Crippen LogP contribution in [-0.4, -0.2) is 46.3 Å². The molecule has 0 fully saturated rings. The minimum atomic E-state index is -0.126. The van der Waals surface area contributed by atoms with E-state index in [-0.39, 0.29) is 23.1 Å². The van der Waals surface area contributed by atoms with Crippen molar-refractivity contribution in [3.63, 3.8) is 0 Å². The molecular weight excluding hydrogens is 278 g/mol. The monoisotopic (exact) mass is 291 g/mol. The molecule has 0 bridgehead atoms. The van der Waals surface area contributed by atoms with E-state index < -0.39 is 0 Å². The first-order chi connectivity index (χ1) is 8.15. The number of ether oxygens (including phenoxy) is 2. The average Bonchev–Trinajstić information content (AvgIpc) is 2.69. The van der Waals surface area contributed by atoms with Crippen molar-refractivity contribution >= 4 is 34.7 Å². The van der Waals surface area contributed by atoms with Crippen LogP contribution in [-0.2, 0) is 10.7 Å². The molecule has 2 heterocycles. The second kappa shape index (κ2) is 5.96. The summed E-state index contributed by atoms with van der Waals surface area (Å²) in [5.74, 6) is 0.940. The third kappa shape index (κ3) is 2.70. The Bertz CT molecular complexity index is 541. The molecule has 0 saturated carbocycles. The van der Waals surface area contributed by atoms with E-state index in [0.29, 0.717) is 23.4 Å². The molecule has 2 rings (SSSR count). The van der Waals surface area contributed by atoms with Crippen LogP contribution in [0, 0.1) is 0 Å². The molecule has 0 unspecified atom stereocenters. The van der Waals surface area contributed by atoms with E-state index in [1.807, 2.05) is 12.5 Å². The van der Waals surface area contributed by atoms with Gasteiger partial charge in [-0.25, -0.2) is 0 Å². The first-order valence-corrected chi connectivity index (χ1v) is 6.78. The Labute approximate surface area is 113 Å². The van der Waals surface area contributed by atoms with Crippen LogP contribution in [0.25, 0.3) is 5.65 Å². The molecule has 0 aliphatic rings. The van der Waals surface area contributed by atoms with Gasteiger partial charge in [-0.3, -0.25) is 0 Å². The van der Waals surface area contributed by atoms with Crippen LogP contribution in [0.1, 0.15) is 0 Å². The largest absolute Gasteiger partial charge is 0.491 e. The number of methoxy groups -OCH3 is 2. The Balaban J connectivity index is 0.00000162. The van der Waals surface area contributed by atoms with Crippen LogP contribution < -0.4 is 9.47 Å². The highest BCUT2D eigenvalue weighted by molar-refractivity contribution is 7.85. The highest BCUT2D eigenvalue weighted by Gasteiger charge is 2.13. The lowest BCUT2D eigenvalue weighted by molar-refractivity contribution is 0.359. The standard InChI is InChI=1S/C9H13N5O2S.ClH/c1-15-6-5-10-9(16-2)14-7(6)11-8(12-14)13-17(3)4;/h5H,1-4H3;1H. The highest BCUT2D eigenvalue weighted by atomic mass is 35.5. The first kappa shape index (κ1) is 14.7. The summed E-state index contributed by atoms with van der Waals surface area (Å²) in [7, 11) is 2.95. The van der Waals surface area contributed by atoms with E-state index in [2.05, 4.69) is 19.4 Å². The van der Waals surface area contributed by atoms with Crippen LogP contribution in [0.5, 0.6) is 11.8 Å². The van der Waals surface area contributed by atoms with E-state index in [4.69, 9.17) is 9.47 Å². The van der Waals surface area contributed by atoms with E-state index in [0.717, 1.165) is 0 Å². The summed E-state index contributed by atoms with van der Waals surface area (Å²) in [5.41, 5.74) is 0.545. The van der Waals surface area contributed by atoms with Gasteiger partial charge in [0.15, 0.2) is 5.75 Å². The first-order valence-electron chi connectivity index (χ1n) is 4.79. The quantitative estimate of drug-likeness (QED) is 0.851. The summed E-state index contributed by atoms with van der Waals surface area (Å²) in [6.07, 6.45) is 5.51. The zero-order chi connectivity index (χ0) is 12.4. The molecule has 0 aromatic carbocycles. The molecule has 0 atom stereocenters. The van der Waals surface area contributed by atoms with Gasteiger partial charge in [0.25, 0.3) is 5.95 Å². The zero-order valence-corrected chi connectivity index (χ0v) is 12.1. The maximum atomic E-state index is 5.16. The molecule has 0 aliphatic carbocycles. The fraction of sp³-hybridized carbons (Fsp3) is 0.444. The maximum absolute atomic E-state index is 5.16. The number of hydrogen-bond acceptors (Lipinski definition) is 6. The molecule has 0 spiro atoms. The molecule has 0 radical (unpaired) electrons. The summed E-state index contributed by atoms with van der Waals surface area (Å²) in [6, 6.07) is 0.349. The number of nitrogens with zero attached hydrogens (tertiary/aromatic N) is 5. The van der Waals surface area contributed by atoms with E-state index >= 15 is 0 Å². The second-order valence-electron chi connectivity index (χ2n) is 3.33. The molecule has 2 aromatic rings. The van der Waals surface area contributed by atoms with E-state index in [9.17, 15) is 0 Å². The third-order valence-corrected chi connectivity index (χ3v) is 2.48. The normalized spacial score (nSPS) is 10.3. The molecular formula is C9H14ClN5O2S. The minimum Gasteiger partial charge on any atom is -0.491 e. The molecule has 0 N–H and O–H groups in total. The average molecular weight is 292 g/mol. The molecule has 0 saturated heterocycles. The van der Waals surface area contributed by atoms with Crippen LogP contribution in [0.4, 0.5) is 5.95 Å². The third-order valence-electron chi connectivity index (χ3n) is 1.96. The van der Waals surface area contributed by atoms with E-state index in [1.165, 1.54) is 11.6 Å². The van der Waals surface area contributed by atoms with Crippen molar-refractivity contribution in [2.75, 3.05) is 26.7 Å². The van der Waals surface area contributed by atoms with Gasteiger partial charge in [0.1, 0.15) is 0 Å². The maximum Gasteiger partial charge on any atom is 0.319 e. The van der Waals surface area contributed by atoms with Gasteiger partial charge in [-0.1, -0.05) is 10.7 Å². The molecule has 18 heavy (non-hydrogen) atoms. The number of fused-ring (bicyclic) bond motifs is 1. The van der Waals surface area contributed by atoms with Crippen LogP contribution in [0.15, 0.2) is 10.6 Å². The van der Waals surface area contributed by atoms with Crippen molar-refractivity contribution < 1.29 is 9.47 Å².